The average molecular weight is 431 g/mol. The summed E-state index contributed by atoms with van der Waals surface area (Å²) >= 11 is 0. The molecule has 3 aromatic rings. The highest BCUT2D eigenvalue weighted by molar-refractivity contribution is 5.99. The summed E-state index contributed by atoms with van der Waals surface area (Å²) in [5, 5.41) is 0. The van der Waals surface area contributed by atoms with Gasteiger partial charge in [-0.3, -0.25) is 9.69 Å². The molecular weight excluding hydrogens is 414 g/mol. The Labute approximate surface area is 174 Å². The minimum atomic E-state index is -1.18. The summed E-state index contributed by atoms with van der Waals surface area (Å²) < 4.78 is 56.5. The lowest BCUT2D eigenvalue weighted by Gasteiger charge is -2.23. The minimum Gasteiger partial charge on any atom is -0.370 e. The molecule has 4 N–H and O–H groups in total. The smallest absolute Gasteiger partial charge is 0.324 e. The molecule has 3 amide bonds. The molecule has 160 valence electrons. The molecule has 0 saturated heterocycles. The SMILES string of the molecule is NC(=O)CCc1ccc(N(C(N)=O)c2c(F)cccc2F)cc1-c1ccc(F)cc1F. The Balaban J connectivity index is 2.21. The van der Waals surface area contributed by atoms with Crippen molar-refractivity contribution in [2.24, 2.45) is 11.5 Å². The highest BCUT2D eigenvalue weighted by atomic mass is 19.1. The molecular formula is C22H17F4N3O2. The first kappa shape index (κ1) is 21.8. The lowest BCUT2D eigenvalue weighted by atomic mass is 9.95. The summed E-state index contributed by atoms with van der Waals surface area (Å²) in [7, 11) is 0. The minimum absolute atomic E-state index is 0.0406. The topological polar surface area (TPSA) is 89.4 Å². The molecule has 0 radical (unpaired) electrons. The summed E-state index contributed by atoms with van der Waals surface area (Å²) in [5.74, 6) is -4.37. The van der Waals surface area contributed by atoms with Gasteiger partial charge in [-0.05, 0) is 53.9 Å². The largest absolute Gasteiger partial charge is 0.370 e. The lowest BCUT2D eigenvalue weighted by Crippen LogP contribution is -2.33. The molecule has 0 aliphatic carbocycles. The third-order valence-electron chi connectivity index (χ3n) is 4.60. The van der Waals surface area contributed by atoms with Crippen molar-refractivity contribution >= 4 is 23.3 Å². The van der Waals surface area contributed by atoms with Gasteiger partial charge in [-0.2, -0.15) is 0 Å². The summed E-state index contributed by atoms with van der Waals surface area (Å²) in [5.41, 5.74) is 10.4. The molecule has 0 heterocycles. The van der Waals surface area contributed by atoms with Crippen LogP contribution in [-0.4, -0.2) is 11.9 Å². The monoisotopic (exact) mass is 431 g/mol. The number of amides is 3. The molecule has 0 spiro atoms. The Hall–Kier alpha value is -3.88. The molecule has 0 aromatic heterocycles. The Bertz CT molecular complexity index is 1150. The number of aryl methyl sites for hydroxylation is 1. The van der Waals surface area contributed by atoms with Gasteiger partial charge in [0.25, 0.3) is 0 Å². The van der Waals surface area contributed by atoms with Crippen LogP contribution in [0.1, 0.15) is 12.0 Å². The van der Waals surface area contributed by atoms with Crippen LogP contribution in [0.5, 0.6) is 0 Å². The van der Waals surface area contributed by atoms with Gasteiger partial charge in [0.1, 0.15) is 29.0 Å². The molecule has 0 saturated carbocycles. The second-order valence-corrected chi connectivity index (χ2v) is 6.68. The van der Waals surface area contributed by atoms with Crippen LogP contribution in [0, 0.1) is 23.3 Å². The fraction of sp³-hybridized carbons (Fsp3) is 0.0909. The third kappa shape index (κ3) is 4.66. The Morgan fingerprint density at radius 3 is 2.06 bits per heavy atom. The van der Waals surface area contributed by atoms with Crippen molar-refractivity contribution in [3.05, 3.63) is 83.4 Å². The fourth-order valence-electron chi connectivity index (χ4n) is 3.21. The molecule has 0 aliphatic heterocycles. The number of halogens is 4. The molecule has 3 aromatic carbocycles. The van der Waals surface area contributed by atoms with E-state index in [0.717, 1.165) is 24.3 Å². The molecule has 31 heavy (non-hydrogen) atoms. The Morgan fingerprint density at radius 2 is 1.48 bits per heavy atom. The molecule has 9 heteroatoms. The van der Waals surface area contributed by atoms with Crippen molar-refractivity contribution in [1.29, 1.82) is 0 Å². The first-order valence-corrected chi connectivity index (χ1v) is 9.09. The summed E-state index contributed by atoms with van der Waals surface area (Å²) in [6.45, 7) is 0. The van der Waals surface area contributed by atoms with Gasteiger partial charge in [0.05, 0.1) is 5.69 Å². The summed E-state index contributed by atoms with van der Waals surface area (Å²) in [6.07, 6.45) is 0.0586. The number of carbonyl (C=O) groups excluding carboxylic acids is 2. The van der Waals surface area contributed by atoms with Gasteiger partial charge in [0.2, 0.25) is 5.91 Å². The van der Waals surface area contributed by atoms with Crippen LogP contribution in [0.3, 0.4) is 0 Å². The van der Waals surface area contributed by atoms with Crippen LogP contribution in [0.15, 0.2) is 54.6 Å². The van der Waals surface area contributed by atoms with Gasteiger partial charge in [-0.15, -0.1) is 0 Å². The van der Waals surface area contributed by atoms with E-state index in [1.54, 1.807) is 0 Å². The number of hydrogen-bond acceptors (Lipinski definition) is 2. The van der Waals surface area contributed by atoms with E-state index < -0.39 is 40.9 Å². The van der Waals surface area contributed by atoms with E-state index >= 15 is 0 Å². The molecule has 0 aliphatic rings. The number of para-hydroxylation sites is 1. The number of anilines is 2. The number of urea groups is 1. The highest BCUT2D eigenvalue weighted by Crippen LogP contribution is 2.36. The number of nitrogens with zero attached hydrogens (tertiary/aromatic N) is 1. The first-order valence-electron chi connectivity index (χ1n) is 9.09. The zero-order valence-electron chi connectivity index (χ0n) is 16.0. The second-order valence-electron chi connectivity index (χ2n) is 6.68. The maximum atomic E-state index is 14.5. The number of benzene rings is 3. The quantitative estimate of drug-likeness (QED) is 0.561. The van der Waals surface area contributed by atoms with Gasteiger partial charge in [0.15, 0.2) is 0 Å². The zero-order chi connectivity index (χ0) is 22.7. The van der Waals surface area contributed by atoms with Crippen LogP contribution in [0.4, 0.5) is 33.7 Å². The zero-order valence-corrected chi connectivity index (χ0v) is 16.0. The van der Waals surface area contributed by atoms with Crippen LogP contribution in [0.25, 0.3) is 11.1 Å². The first-order chi connectivity index (χ1) is 14.7. The Kier molecular flexibility index (Phi) is 6.24. The van der Waals surface area contributed by atoms with Crippen molar-refractivity contribution in [3.63, 3.8) is 0 Å². The second kappa shape index (κ2) is 8.86. The van der Waals surface area contributed by atoms with Crippen LogP contribution < -0.4 is 16.4 Å². The molecule has 0 unspecified atom stereocenters. The van der Waals surface area contributed by atoms with Gasteiger partial charge >= 0.3 is 6.03 Å². The number of rotatable bonds is 6. The van der Waals surface area contributed by atoms with Crippen LogP contribution in [0.2, 0.25) is 0 Å². The van der Waals surface area contributed by atoms with Crippen LogP contribution >= 0.6 is 0 Å². The fourth-order valence-corrected chi connectivity index (χ4v) is 3.21. The number of carbonyl (C=O) groups is 2. The van der Waals surface area contributed by atoms with Crippen molar-refractivity contribution in [1.82, 2.24) is 0 Å². The summed E-state index contributed by atoms with van der Waals surface area (Å²) in [4.78, 5) is 23.9. The van der Waals surface area contributed by atoms with Gasteiger partial charge in [0, 0.05) is 18.1 Å². The van der Waals surface area contributed by atoms with E-state index in [-0.39, 0.29) is 29.7 Å². The predicted molar refractivity (Wildman–Crippen MR) is 107 cm³/mol. The van der Waals surface area contributed by atoms with Crippen molar-refractivity contribution < 1.29 is 27.2 Å². The van der Waals surface area contributed by atoms with Crippen molar-refractivity contribution in [3.8, 4) is 11.1 Å². The lowest BCUT2D eigenvalue weighted by molar-refractivity contribution is -0.117. The Morgan fingerprint density at radius 1 is 0.806 bits per heavy atom. The van der Waals surface area contributed by atoms with E-state index in [1.165, 1.54) is 24.3 Å². The third-order valence-corrected chi connectivity index (χ3v) is 4.60. The molecule has 0 fully saturated rings. The number of hydrogen-bond donors (Lipinski definition) is 2. The van der Waals surface area contributed by atoms with E-state index in [4.69, 9.17) is 11.5 Å². The normalized spacial score (nSPS) is 10.7. The summed E-state index contributed by atoms with van der Waals surface area (Å²) in [6, 6.07) is 8.81. The van der Waals surface area contributed by atoms with E-state index in [1.807, 2.05) is 0 Å². The molecule has 5 nitrogen and oxygen atoms in total. The molecule has 0 atom stereocenters. The molecule has 0 bridgehead atoms. The maximum Gasteiger partial charge on any atom is 0.324 e. The standard InChI is InChI=1S/C22H17F4N3O2/c23-13-6-8-15(19(26)10-13)16-11-14(7-4-12(16)5-9-20(27)30)29(22(28)31)21-17(24)2-1-3-18(21)25/h1-4,6-8,10-11H,5,9H2,(H2,27,30)(H2,28,31). The van der Waals surface area contributed by atoms with E-state index in [0.29, 0.717) is 16.5 Å². The van der Waals surface area contributed by atoms with Crippen molar-refractivity contribution in [2.75, 3.05) is 4.90 Å². The van der Waals surface area contributed by atoms with E-state index in [9.17, 15) is 27.2 Å². The van der Waals surface area contributed by atoms with Gasteiger partial charge < -0.3 is 11.5 Å². The predicted octanol–water partition coefficient (Wildman–Crippen LogP) is 4.54. The van der Waals surface area contributed by atoms with Gasteiger partial charge in [-0.25, -0.2) is 22.4 Å². The van der Waals surface area contributed by atoms with E-state index in [2.05, 4.69) is 0 Å². The highest BCUT2D eigenvalue weighted by Gasteiger charge is 2.24. The van der Waals surface area contributed by atoms with Crippen LogP contribution in [-0.2, 0) is 11.2 Å². The van der Waals surface area contributed by atoms with Crippen molar-refractivity contribution in [2.45, 2.75) is 12.8 Å². The average Bonchev–Trinajstić information content (AvgIpc) is 2.69. The number of nitrogens with two attached hydrogens (primary N) is 2. The molecule has 3 rings (SSSR count). The maximum absolute atomic E-state index is 14.5. The number of primary amides is 2. The van der Waals surface area contributed by atoms with Gasteiger partial charge in [-0.1, -0.05) is 12.1 Å².